The molecule has 0 bridgehead atoms. The fourth-order valence-corrected chi connectivity index (χ4v) is 31.1. The van der Waals surface area contributed by atoms with Crippen LogP contribution in [0.25, 0.3) is 0 Å². The number of hydrogen-bond acceptors (Lipinski definition) is 0. The minimum atomic E-state index is -1.63. The lowest BCUT2D eigenvalue weighted by molar-refractivity contribution is 0.314. The maximum atomic E-state index is 2.67. The van der Waals surface area contributed by atoms with Gasteiger partial charge in [-0.3, -0.25) is 0 Å². The summed E-state index contributed by atoms with van der Waals surface area (Å²) in [6, 6.07) is 0. The largest absolute Gasteiger partial charge is 0.0877 e. The Bertz CT molecular complexity index is 503. The van der Waals surface area contributed by atoms with Crippen LogP contribution in [0.3, 0.4) is 0 Å². The van der Waals surface area contributed by atoms with E-state index in [2.05, 4.69) is 103 Å². The molecule has 1 rings (SSSR count). The van der Waals surface area contributed by atoms with Crippen molar-refractivity contribution in [1.82, 2.24) is 0 Å². The fourth-order valence-electron chi connectivity index (χ4n) is 6.27. The maximum Gasteiger partial charge on any atom is 0.0877 e. The first-order chi connectivity index (χ1) is 10.1. The van der Waals surface area contributed by atoms with Crippen LogP contribution in [0.2, 0.25) is 30.2 Å². The first-order valence-corrected chi connectivity index (χ1v) is 16.4. The first kappa shape index (κ1) is 22.2. The second kappa shape index (κ2) is 5.58. The molecule has 1 aliphatic rings. The zero-order valence-electron chi connectivity index (χ0n) is 19.6. The lowest BCUT2D eigenvalue weighted by Crippen LogP contribution is -2.76. The van der Waals surface area contributed by atoms with Crippen LogP contribution in [-0.2, 0) is 0 Å². The summed E-state index contributed by atoms with van der Waals surface area (Å²) in [6.45, 7) is 38.1. The lowest BCUT2D eigenvalue weighted by atomic mass is 9.72. The van der Waals surface area contributed by atoms with Gasteiger partial charge in [0.2, 0.25) is 0 Å². The quantitative estimate of drug-likeness (QED) is 0.412. The van der Waals surface area contributed by atoms with Gasteiger partial charge in [-0.05, 0) is 26.8 Å². The van der Waals surface area contributed by atoms with Gasteiger partial charge in [0.25, 0.3) is 0 Å². The molecule has 0 spiro atoms. The Morgan fingerprint density at radius 2 is 1.04 bits per heavy atom. The van der Waals surface area contributed by atoms with E-state index in [1.165, 1.54) is 0 Å². The zero-order valence-corrected chi connectivity index (χ0v) is 21.6. The predicted octanol–water partition coefficient (Wildman–Crippen LogP) is 8.01. The van der Waals surface area contributed by atoms with Crippen molar-refractivity contribution in [2.45, 2.75) is 113 Å². The van der Waals surface area contributed by atoms with Crippen LogP contribution in [0, 0.1) is 16.2 Å². The van der Waals surface area contributed by atoms with Gasteiger partial charge in [-0.25, -0.2) is 0 Å². The fraction of sp³-hybridized carbons (Fsp3) is 0.909. The lowest BCUT2D eigenvalue weighted by Gasteiger charge is -2.71. The van der Waals surface area contributed by atoms with Crippen LogP contribution in [0.5, 0.6) is 0 Å². The van der Waals surface area contributed by atoms with E-state index in [1.54, 1.807) is 0 Å². The normalized spacial score (nSPS) is 27.4. The molecule has 0 aromatic heterocycles. The monoisotopic (exact) mass is 366 g/mol. The van der Waals surface area contributed by atoms with Gasteiger partial charge in [-0.1, -0.05) is 113 Å². The van der Waals surface area contributed by atoms with Crippen molar-refractivity contribution in [2.75, 3.05) is 0 Å². The average molecular weight is 367 g/mol. The molecule has 1 heterocycles. The van der Waals surface area contributed by atoms with Crippen LogP contribution in [0.4, 0.5) is 0 Å². The Morgan fingerprint density at radius 3 is 1.21 bits per heavy atom. The van der Waals surface area contributed by atoms with Crippen LogP contribution in [0.1, 0.15) is 83.1 Å². The van der Waals surface area contributed by atoms with Gasteiger partial charge in [-0.2, -0.15) is 0 Å². The molecule has 0 amide bonds. The van der Waals surface area contributed by atoms with E-state index in [4.69, 9.17) is 0 Å². The molecule has 2 atom stereocenters. The third-order valence-corrected chi connectivity index (χ3v) is 25.7. The molecule has 0 aromatic rings. The molecule has 24 heavy (non-hydrogen) atoms. The molecule has 0 aromatic carbocycles. The minimum absolute atomic E-state index is 0.280. The van der Waals surface area contributed by atoms with Crippen LogP contribution >= 0.6 is 0 Å². The molecule has 0 saturated heterocycles. The molecule has 2 unspecified atom stereocenters. The standard InChI is InChI=1S/C22H46Si2/c1-19(2,3)16-17(20(4,5)6)24(22(10,11)12,23(13,14)15)18(16)21(7,8)9/h17H,1-15H3. The topological polar surface area (TPSA) is 0 Å². The molecule has 2 heteroatoms. The van der Waals surface area contributed by atoms with Gasteiger partial charge < -0.3 is 0 Å². The van der Waals surface area contributed by atoms with Crippen LogP contribution in [-0.4, -0.2) is 15.2 Å². The predicted molar refractivity (Wildman–Crippen MR) is 118 cm³/mol. The molecular formula is C22H46Si2. The van der Waals surface area contributed by atoms with Crippen molar-refractivity contribution in [2.24, 2.45) is 16.2 Å². The zero-order chi connectivity index (χ0) is 19.7. The molecule has 0 nitrogen and oxygen atoms in total. The molecule has 0 aliphatic carbocycles. The van der Waals surface area contributed by atoms with E-state index in [9.17, 15) is 0 Å². The maximum absolute atomic E-state index is 2.67. The van der Waals surface area contributed by atoms with E-state index >= 15 is 0 Å². The summed E-state index contributed by atoms with van der Waals surface area (Å²) in [4.78, 5) is 0. The molecule has 142 valence electrons. The molecule has 0 N–H and O–H groups in total. The molecule has 0 saturated carbocycles. The van der Waals surface area contributed by atoms with E-state index < -0.39 is 15.2 Å². The van der Waals surface area contributed by atoms with Crippen LogP contribution in [0.15, 0.2) is 10.8 Å². The summed E-state index contributed by atoms with van der Waals surface area (Å²) >= 11 is 0. The Hall–Kier alpha value is 0.174. The highest BCUT2D eigenvalue weighted by Crippen LogP contribution is 2.73. The Morgan fingerprint density at radius 1 is 0.667 bits per heavy atom. The van der Waals surface area contributed by atoms with Crippen molar-refractivity contribution in [1.29, 1.82) is 0 Å². The molecule has 0 fully saturated rings. The van der Waals surface area contributed by atoms with Gasteiger partial charge in [-0.15, -0.1) is 0 Å². The molecular weight excluding hydrogens is 320 g/mol. The Kier molecular flexibility index (Phi) is 5.17. The van der Waals surface area contributed by atoms with Gasteiger partial charge in [0.1, 0.15) is 0 Å². The van der Waals surface area contributed by atoms with Gasteiger partial charge in [0.15, 0.2) is 0 Å². The third kappa shape index (κ3) is 3.15. The summed E-state index contributed by atoms with van der Waals surface area (Å²) in [5.41, 5.74) is 3.57. The highest BCUT2D eigenvalue weighted by Gasteiger charge is 2.71. The second-order valence-corrected chi connectivity index (χ2v) is 29.0. The summed E-state index contributed by atoms with van der Waals surface area (Å²) in [5.74, 6) is 0. The Balaban J connectivity index is 4.08. The van der Waals surface area contributed by atoms with Gasteiger partial charge in [0.05, 0.1) is 7.59 Å². The summed E-state index contributed by atoms with van der Waals surface area (Å²) in [6.07, 6.45) is 0. The highest BCUT2D eigenvalue weighted by molar-refractivity contribution is 7.46. The smallest absolute Gasteiger partial charge is 0.0769 e. The average Bonchev–Trinajstić information content (AvgIpc) is 2.01. The van der Waals surface area contributed by atoms with Crippen molar-refractivity contribution < 1.29 is 0 Å². The van der Waals surface area contributed by atoms with Crippen molar-refractivity contribution in [3.8, 4) is 0 Å². The van der Waals surface area contributed by atoms with Gasteiger partial charge in [0, 0.05) is 7.59 Å². The van der Waals surface area contributed by atoms with Crippen LogP contribution < -0.4 is 0 Å². The number of hydrogen-bond donors (Lipinski definition) is 0. The van der Waals surface area contributed by atoms with E-state index in [1.807, 2.05) is 10.8 Å². The molecule has 1 aliphatic heterocycles. The molecule has 0 radical (unpaired) electrons. The number of allylic oxidation sites excluding steroid dienone is 2. The third-order valence-electron chi connectivity index (χ3n) is 6.18. The summed E-state index contributed by atoms with van der Waals surface area (Å²) in [5, 5.41) is 2.36. The summed E-state index contributed by atoms with van der Waals surface area (Å²) < 4.78 is 0. The minimum Gasteiger partial charge on any atom is -0.0769 e. The van der Waals surface area contributed by atoms with Crippen molar-refractivity contribution in [3.63, 3.8) is 0 Å². The number of rotatable bonds is 1. The van der Waals surface area contributed by atoms with Crippen molar-refractivity contribution in [3.05, 3.63) is 10.8 Å². The Labute approximate surface area is 155 Å². The van der Waals surface area contributed by atoms with Crippen molar-refractivity contribution >= 4 is 15.2 Å². The second-order valence-electron chi connectivity index (χ2n) is 13.4. The van der Waals surface area contributed by atoms with E-state index in [0.29, 0.717) is 15.9 Å². The van der Waals surface area contributed by atoms with Gasteiger partial charge >= 0.3 is 0 Å². The van der Waals surface area contributed by atoms with E-state index in [-0.39, 0.29) is 5.41 Å². The highest BCUT2D eigenvalue weighted by atomic mass is 29.3. The summed E-state index contributed by atoms with van der Waals surface area (Å²) in [7, 11) is -2.97. The first-order valence-electron chi connectivity index (χ1n) is 9.87. The SMILES string of the molecule is CC(C)(C)C1=C(C(C)(C)C)[Si](C(C)(C)C)([Si](C)(C)C)C1C(C)(C)C. The van der Waals surface area contributed by atoms with E-state index in [0.717, 1.165) is 5.54 Å².